The Morgan fingerprint density at radius 2 is 1.95 bits per heavy atom. The van der Waals surface area contributed by atoms with Crippen LogP contribution in [0.4, 0.5) is 8.78 Å². The maximum absolute atomic E-state index is 13.4. The van der Waals surface area contributed by atoms with Crippen molar-refractivity contribution in [2.45, 2.75) is 39.4 Å². The van der Waals surface area contributed by atoms with E-state index < -0.39 is 11.6 Å². The molecular formula is C15H19F2N3. The molecule has 0 aliphatic carbocycles. The molecule has 0 unspecified atom stereocenters. The van der Waals surface area contributed by atoms with Crippen LogP contribution in [-0.2, 0) is 18.6 Å². The molecule has 0 radical (unpaired) electrons. The van der Waals surface area contributed by atoms with Crippen LogP contribution in [0.25, 0.3) is 0 Å². The summed E-state index contributed by atoms with van der Waals surface area (Å²) < 4.78 is 28.3. The van der Waals surface area contributed by atoms with Crippen molar-refractivity contribution in [3.63, 3.8) is 0 Å². The second kappa shape index (κ2) is 5.71. The highest BCUT2D eigenvalue weighted by Crippen LogP contribution is 2.13. The van der Waals surface area contributed by atoms with Crippen molar-refractivity contribution in [2.24, 2.45) is 0 Å². The third kappa shape index (κ3) is 3.63. The number of aromatic nitrogens is 2. The molecule has 3 nitrogen and oxygen atoms in total. The van der Waals surface area contributed by atoms with Crippen LogP contribution < -0.4 is 5.32 Å². The van der Waals surface area contributed by atoms with Crippen LogP contribution in [0.1, 0.15) is 31.9 Å². The first kappa shape index (κ1) is 14.7. The molecule has 0 fully saturated rings. The molecule has 1 aromatic carbocycles. The van der Waals surface area contributed by atoms with Crippen LogP contribution in [0, 0.1) is 11.6 Å². The zero-order valence-corrected chi connectivity index (χ0v) is 12.0. The van der Waals surface area contributed by atoms with E-state index in [0.717, 1.165) is 17.7 Å². The first-order chi connectivity index (χ1) is 9.36. The second-order valence-electron chi connectivity index (χ2n) is 5.80. The van der Waals surface area contributed by atoms with Crippen molar-refractivity contribution in [2.75, 3.05) is 0 Å². The largest absolute Gasteiger partial charge is 0.308 e. The van der Waals surface area contributed by atoms with Gasteiger partial charge in [-0.1, -0.05) is 0 Å². The second-order valence-corrected chi connectivity index (χ2v) is 5.80. The molecular weight excluding hydrogens is 260 g/mol. The number of hydrogen-bond donors (Lipinski definition) is 1. The van der Waals surface area contributed by atoms with Gasteiger partial charge in [-0.2, -0.15) is 5.10 Å². The highest BCUT2D eigenvalue weighted by atomic mass is 19.1. The van der Waals surface area contributed by atoms with Gasteiger partial charge in [0.15, 0.2) is 0 Å². The standard InChI is InChI=1S/C15H19F2N3/c1-15(2,3)20-10-11(8-19-20)7-18-9-12-6-13(16)4-5-14(12)17/h4-6,8,10,18H,7,9H2,1-3H3. The lowest BCUT2D eigenvalue weighted by Crippen LogP contribution is -2.22. The number of benzene rings is 1. The van der Waals surface area contributed by atoms with Crippen molar-refractivity contribution in [3.05, 3.63) is 53.4 Å². The molecule has 1 aromatic heterocycles. The molecule has 108 valence electrons. The Bertz CT molecular complexity index is 585. The minimum atomic E-state index is -0.427. The van der Waals surface area contributed by atoms with Gasteiger partial charge in [0, 0.05) is 30.4 Å². The van der Waals surface area contributed by atoms with Gasteiger partial charge in [-0.25, -0.2) is 8.78 Å². The first-order valence-corrected chi connectivity index (χ1v) is 6.55. The maximum atomic E-state index is 13.4. The molecule has 0 saturated heterocycles. The SMILES string of the molecule is CC(C)(C)n1cc(CNCc2cc(F)ccc2F)cn1. The topological polar surface area (TPSA) is 29.9 Å². The average Bonchev–Trinajstić information content (AvgIpc) is 2.82. The summed E-state index contributed by atoms with van der Waals surface area (Å²) in [4.78, 5) is 0. The number of hydrogen-bond acceptors (Lipinski definition) is 2. The van der Waals surface area contributed by atoms with Crippen LogP contribution in [-0.4, -0.2) is 9.78 Å². The van der Waals surface area contributed by atoms with E-state index in [-0.39, 0.29) is 12.1 Å². The lowest BCUT2D eigenvalue weighted by atomic mass is 10.1. The molecule has 2 rings (SSSR count). The van der Waals surface area contributed by atoms with E-state index in [1.807, 2.05) is 10.9 Å². The van der Waals surface area contributed by atoms with E-state index in [9.17, 15) is 8.78 Å². The molecule has 0 aliphatic heterocycles. The van der Waals surface area contributed by atoms with Gasteiger partial charge in [0.25, 0.3) is 0 Å². The summed E-state index contributed by atoms with van der Waals surface area (Å²) in [5.74, 6) is -0.826. The fraction of sp³-hybridized carbons (Fsp3) is 0.400. The van der Waals surface area contributed by atoms with Crippen LogP contribution in [0.15, 0.2) is 30.6 Å². The molecule has 5 heteroatoms. The van der Waals surface area contributed by atoms with Gasteiger partial charge < -0.3 is 5.32 Å². The van der Waals surface area contributed by atoms with Gasteiger partial charge in [0.05, 0.1) is 11.7 Å². The highest BCUT2D eigenvalue weighted by molar-refractivity contribution is 5.18. The van der Waals surface area contributed by atoms with Gasteiger partial charge in [-0.05, 0) is 39.0 Å². The summed E-state index contributed by atoms with van der Waals surface area (Å²) in [5, 5.41) is 7.38. The van der Waals surface area contributed by atoms with Crippen molar-refractivity contribution in [1.82, 2.24) is 15.1 Å². The summed E-state index contributed by atoms with van der Waals surface area (Å²) >= 11 is 0. The Hall–Kier alpha value is -1.75. The van der Waals surface area contributed by atoms with Gasteiger partial charge in [0.2, 0.25) is 0 Å². The first-order valence-electron chi connectivity index (χ1n) is 6.55. The summed E-state index contributed by atoms with van der Waals surface area (Å²) in [6.07, 6.45) is 3.73. The van der Waals surface area contributed by atoms with Crippen LogP contribution >= 0.6 is 0 Å². The molecule has 0 amide bonds. The molecule has 20 heavy (non-hydrogen) atoms. The van der Waals surface area contributed by atoms with E-state index in [4.69, 9.17) is 0 Å². The van der Waals surface area contributed by atoms with E-state index in [1.165, 1.54) is 6.07 Å². The van der Waals surface area contributed by atoms with Crippen molar-refractivity contribution in [1.29, 1.82) is 0 Å². The minimum Gasteiger partial charge on any atom is -0.308 e. The monoisotopic (exact) mass is 279 g/mol. The average molecular weight is 279 g/mol. The van der Waals surface area contributed by atoms with Crippen LogP contribution in [0.3, 0.4) is 0 Å². The molecule has 1 heterocycles. The summed E-state index contributed by atoms with van der Waals surface area (Å²) in [6.45, 7) is 7.05. The van der Waals surface area contributed by atoms with Crippen molar-refractivity contribution in [3.8, 4) is 0 Å². The summed E-state index contributed by atoms with van der Waals surface area (Å²) in [6, 6.07) is 3.47. The quantitative estimate of drug-likeness (QED) is 0.931. The fourth-order valence-corrected chi connectivity index (χ4v) is 1.84. The lowest BCUT2D eigenvalue weighted by Gasteiger charge is -2.18. The molecule has 0 bridgehead atoms. The van der Waals surface area contributed by atoms with Crippen LogP contribution in [0.2, 0.25) is 0 Å². The number of rotatable bonds is 4. The third-order valence-corrected chi connectivity index (χ3v) is 2.98. The Morgan fingerprint density at radius 3 is 2.60 bits per heavy atom. The molecule has 2 aromatic rings. The summed E-state index contributed by atoms with van der Waals surface area (Å²) in [7, 11) is 0. The Morgan fingerprint density at radius 1 is 1.20 bits per heavy atom. The van der Waals surface area contributed by atoms with Gasteiger partial charge in [-0.3, -0.25) is 4.68 Å². The predicted molar refractivity (Wildman–Crippen MR) is 74.1 cm³/mol. The molecule has 1 N–H and O–H groups in total. The fourth-order valence-electron chi connectivity index (χ4n) is 1.84. The zero-order valence-electron chi connectivity index (χ0n) is 12.0. The third-order valence-electron chi connectivity index (χ3n) is 2.98. The normalized spacial score (nSPS) is 11.8. The smallest absolute Gasteiger partial charge is 0.127 e. The zero-order chi connectivity index (χ0) is 14.8. The Labute approximate surface area is 117 Å². The van der Waals surface area contributed by atoms with E-state index >= 15 is 0 Å². The minimum absolute atomic E-state index is 0.0626. The highest BCUT2D eigenvalue weighted by Gasteiger charge is 2.13. The number of nitrogens with zero attached hydrogens (tertiary/aromatic N) is 2. The molecule has 0 aliphatic rings. The van der Waals surface area contributed by atoms with Gasteiger partial charge >= 0.3 is 0 Å². The van der Waals surface area contributed by atoms with Crippen LogP contribution in [0.5, 0.6) is 0 Å². The van der Waals surface area contributed by atoms with Crippen molar-refractivity contribution < 1.29 is 8.78 Å². The van der Waals surface area contributed by atoms with E-state index in [1.54, 1.807) is 6.20 Å². The Kier molecular flexibility index (Phi) is 4.18. The van der Waals surface area contributed by atoms with E-state index in [2.05, 4.69) is 31.2 Å². The van der Waals surface area contributed by atoms with Crippen molar-refractivity contribution >= 4 is 0 Å². The number of halogens is 2. The van der Waals surface area contributed by atoms with Gasteiger partial charge in [0.1, 0.15) is 11.6 Å². The summed E-state index contributed by atoms with van der Waals surface area (Å²) in [5.41, 5.74) is 1.28. The maximum Gasteiger partial charge on any atom is 0.127 e. The number of nitrogens with one attached hydrogen (secondary N) is 1. The van der Waals surface area contributed by atoms with E-state index in [0.29, 0.717) is 12.1 Å². The molecule has 0 saturated carbocycles. The van der Waals surface area contributed by atoms with Gasteiger partial charge in [-0.15, -0.1) is 0 Å². The lowest BCUT2D eigenvalue weighted by molar-refractivity contribution is 0.355. The Balaban J connectivity index is 1.93. The predicted octanol–water partition coefficient (Wildman–Crippen LogP) is 3.21. The molecule has 0 atom stereocenters. The molecule has 0 spiro atoms.